The normalized spacial score (nSPS) is 26.4. The van der Waals surface area contributed by atoms with Gasteiger partial charge < -0.3 is 9.67 Å². The lowest BCUT2D eigenvalue weighted by Crippen LogP contribution is -2.34. The molecule has 5 heterocycles. The maximum Gasteiger partial charge on any atom is 0.140 e. The van der Waals surface area contributed by atoms with Crippen LogP contribution in [0.2, 0.25) is 5.02 Å². The van der Waals surface area contributed by atoms with Crippen molar-refractivity contribution in [2.24, 2.45) is 0 Å². The van der Waals surface area contributed by atoms with Crippen molar-refractivity contribution in [3.63, 3.8) is 0 Å². The highest BCUT2D eigenvalue weighted by atomic mass is 35.5. The first-order valence-electron chi connectivity index (χ1n) is 10.2. The molecule has 5 nitrogen and oxygen atoms in total. The Morgan fingerprint density at radius 2 is 2.18 bits per heavy atom. The van der Waals surface area contributed by atoms with Crippen molar-refractivity contribution in [3.05, 3.63) is 58.1 Å². The van der Waals surface area contributed by atoms with E-state index in [4.69, 9.17) is 16.6 Å². The van der Waals surface area contributed by atoms with Gasteiger partial charge >= 0.3 is 0 Å². The zero-order chi connectivity index (χ0) is 18.9. The standard InChI is InChI=1S/C22H23ClN4O/c23-15-10-16-20-18-2-1-8-26(18)9-5-19(20)27(21(16)25-12-15)13-22(28)6-3-14-11-24-7-4-17(14)22/h4,7,10-12,18,28H,1-3,5-6,8-9,13H2. The minimum absolute atomic E-state index is 0.461. The maximum absolute atomic E-state index is 11.6. The summed E-state index contributed by atoms with van der Waals surface area (Å²) in [6.07, 6.45) is 10.4. The predicted octanol–water partition coefficient (Wildman–Crippen LogP) is 3.61. The van der Waals surface area contributed by atoms with E-state index in [0.717, 1.165) is 48.0 Å². The Labute approximate surface area is 169 Å². The average molecular weight is 395 g/mol. The molecule has 28 heavy (non-hydrogen) atoms. The quantitative estimate of drug-likeness (QED) is 0.721. The Morgan fingerprint density at radius 1 is 1.25 bits per heavy atom. The van der Waals surface area contributed by atoms with Gasteiger partial charge in [-0.2, -0.15) is 0 Å². The molecular formula is C22H23ClN4O. The lowest BCUT2D eigenvalue weighted by molar-refractivity contribution is 0.0203. The van der Waals surface area contributed by atoms with Gasteiger partial charge in [0.1, 0.15) is 11.2 Å². The maximum atomic E-state index is 11.6. The lowest BCUT2D eigenvalue weighted by Gasteiger charge is -2.32. The molecule has 2 unspecified atom stereocenters. The zero-order valence-electron chi connectivity index (χ0n) is 15.7. The van der Waals surface area contributed by atoms with Gasteiger partial charge in [-0.15, -0.1) is 0 Å². The van der Waals surface area contributed by atoms with E-state index in [1.54, 1.807) is 12.4 Å². The minimum Gasteiger partial charge on any atom is -0.383 e. The Balaban J connectivity index is 1.53. The van der Waals surface area contributed by atoms with E-state index in [1.165, 1.54) is 30.6 Å². The topological polar surface area (TPSA) is 54.2 Å². The molecular weight excluding hydrogens is 372 g/mol. The average Bonchev–Trinajstić information content (AvgIpc) is 3.38. The van der Waals surface area contributed by atoms with Crippen molar-refractivity contribution in [3.8, 4) is 0 Å². The summed E-state index contributed by atoms with van der Waals surface area (Å²) in [5.41, 5.74) is 5.00. The molecule has 1 saturated heterocycles. The largest absolute Gasteiger partial charge is 0.383 e. The summed E-state index contributed by atoms with van der Waals surface area (Å²) >= 11 is 6.34. The van der Waals surface area contributed by atoms with E-state index < -0.39 is 5.60 Å². The molecule has 1 N–H and O–H groups in total. The monoisotopic (exact) mass is 394 g/mol. The molecule has 144 valence electrons. The van der Waals surface area contributed by atoms with Crippen LogP contribution in [0.5, 0.6) is 0 Å². The summed E-state index contributed by atoms with van der Waals surface area (Å²) in [6, 6.07) is 4.50. The van der Waals surface area contributed by atoms with Crippen LogP contribution in [-0.2, 0) is 25.0 Å². The van der Waals surface area contributed by atoms with Crippen LogP contribution in [0.3, 0.4) is 0 Å². The summed E-state index contributed by atoms with van der Waals surface area (Å²) in [6.45, 7) is 2.80. The highest BCUT2D eigenvalue weighted by molar-refractivity contribution is 6.31. The van der Waals surface area contributed by atoms with Crippen LogP contribution in [-0.4, -0.2) is 37.6 Å². The molecule has 0 amide bonds. The van der Waals surface area contributed by atoms with Crippen LogP contribution in [0.4, 0.5) is 0 Å². The van der Waals surface area contributed by atoms with E-state index in [-0.39, 0.29) is 0 Å². The van der Waals surface area contributed by atoms with E-state index in [2.05, 4.69) is 20.5 Å². The molecule has 6 heteroatoms. The first kappa shape index (κ1) is 17.0. The van der Waals surface area contributed by atoms with E-state index in [9.17, 15) is 5.11 Å². The van der Waals surface area contributed by atoms with Crippen molar-refractivity contribution in [1.82, 2.24) is 19.4 Å². The zero-order valence-corrected chi connectivity index (χ0v) is 16.5. The van der Waals surface area contributed by atoms with Gasteiger partial charge in [0, 0.05) is 48.7 Å². The van der Waals surface area contributed by atoms with Gasteiger partial charge in [-0.25, -0.2) is 4.98 Å². The van der Waals surface area contributed by atoms with Crippen LogP contribution in [0.15, 0.2) is 30.7 Å². The number of rotatable bonds is 2. The second-order valence-electron chi connectivity index (χ2n) is 8.48. The molecule has 3 aromatic rings. The fourth-order valence-corrected chi connectivity index (χ4v) is 5.90. The van der Waals surface area contributed by atoms with E-state index >= 15 is 0 Å². The lowest BCUT2D eigenvalue weighted by atomic mass is 9.95. The molecule has 0 bridgehead atoms. The molecule has 1 aliphatic carbocycles. The molecule has 0 spiro atoms. The van der Waals surface area contributed by atoms with Gasteiger partial charge in [-0.1, -0.05) is 11.6 Å². The molecule has 0 radical (unpaired) electrons. The van der Waals surface area contributed by atoms with Gasteiger partial charge in [0.2, 0.25) is 0 Å². The SMILES string of the molecule is OC1(Cn2c3c(c4cc(Cl)cnc42)C2CCCN2CC3)CCc2cnccc21. The Morgan fingerprint density at radius 3 is 3.11 bits per heavy atom. The number of nitrogens with zero attached hydrogens (tertiary/aromatic N) is 4. The first-order chi connectivity index (χ1) is 13.6. The molecule has 2 aliphatic heterocycles. The highest BCUT2D eigenvalue weighted by Gasteiger charge is 2.41. The second kappa shape index (κ2) is 6.02. The van der Waals surface area contributed by atoms with Crippen molar-refractivity contribution in [2.75, 3.05) is 13.1 Å². The van der Waals surface area contributed by atoms with Crippen molar-refractivity contribution in [1.29, 1.82) is 0 Å². The molecule has 3 aromatic heterocycles. The van der Waals surface area contributed by atoms with Crippen molar-refractivity contribution in [2.45, 2.75) is 50.3 Å². The van der Waals surface area contributed by atoms with Gasteiger partial charge in [0.15, 0.2) is 0 Å². The third-order valence-electron chi connectivity index (χ3n) is 6.98. The molecule has 1 fully saturated rings. The number of fused-ring (bicyclic) bond motifs is 6. The first-order valence-corrected chi connectivity index (χ1v) is 10.6. The predicted molar refractivity (Wildman–Crippen MR) is 108 cm³/mol. The second-order valence-corrected chi connectivity index (χ2v) is 8.92. The third-order valence-corrected chi connectivity index (χ3v) is 7.19. The number of aliphatic hydroxyl groups is 1. The summed E-state index contributed by atoms with van der Waals surface area (Å²) in [5.74, 6) is 0. The third kappa shape index (κ3) is 2.33. The van der Waals surface area contributed by atoms with Gasteiger partial charge in [0.25, 0.3) is 0 Å². The molecule has 0 saturated carbocycles. The summed E-state index contributed by atoms with van der Waals surface area (Å²) in [4.78, 5) is 11.5. The van der Waals surface area contributed by atoms with E-state index in [1.807, 2.05) is 12.3 Å². The van der Waals surface area contributed by atoms with Crippen LogP contribution in [0.25, 0.3) is 11.0 Å². The fourth-order valence-electron chi connectivity index (χ4n) is 5.74. The molecule has 3 aliphatic rings. The smallest absolute Gasteiger partial charge is 0.140 e. The fraction of sp³-hybridized carbons (Fsp3) is 0.455. The Bertz CT molecular complexity index is 1090. The van der Waals surface area contributed by atoms with Gasteiger partial charge in [0.05, 0.1) is 11.6 Å². The minimum atomic E-state index is -0.869. The Kier molecular flexibility index (Phi) is 3.65. The summed E-state index contributed by atoms with van der Waals surface area (Å²) in [7, 11) is 0. The Hall–Kier alpha value is -1.95. The number of pyridine rings is 2. The number of aryl methyl sites for hydroxylation is 1. The van der Waals surface area contributed by atoms with Crippen LogP contribution < -0.4 is 0 Å². The van der Waals surface area contributed by atoms with Crippen LogP contribution in [0.1, 0.15) is 47.7 Å². The van der Waals surface area contributed by atoms with Gasteiger partial charge in [-0.05, 0) is 61.1 Å². The number of aromatic nitrogens is 3. The summed E-state index contributed by atoms with van der Waals surface area (Å²) in [5, 5.41) is 13.4. The van der Waals surface area contributed by atoms with Crippen LogP contribution >= 0.6 is 11.6 Å². The molecule has 2 atom stereocenters. The highest BCUT2D eigenvalue weighted by Crippen LogP contribution is 2.45. The number of halogens is 1. The molecule has 6 rings (SSSR count). The van der Waals surface area contributed by atoms with Gasteiger partial charge in [-0.3, -0.25) is 9.88 Å². The van der Waals surface area contributed by atoms with E-state index in [0.29, 0.717) is 17.6 Å². The number of hydrogen-bond acceptors (Lipinski definition) is 4. The number of hydrogen-bond donors (Lipinski definition) is 1. The molecule has 0 aromatic carbocycles. The summed E-state index contributed by atoms with van der Waals surface area (Å²) < 4.78 is 2.28. The van der Waals surface area contributed by atoms with Crippen molar-refractivity contribution < 1.29 is 5.11 Å². The van der Waals surface area contributed by atoms with Crippen molar-refractivity contribution >= 4 is 22.6 Å². The van der Waals surface area contributed by atoms with Crippen LogP contribution in [0, 0.1) is 0 Å².